The first-order valence-electron chi connectivity index (χ1n) is 13.1. The highest BCUT2D eigenvalue weighted by molar-refractivity contribution is 6.24. The quantitative estimate of drug-likeness (QED) is 0.529. The lowest BCUT2D eigenvalue weighted by Crippen LogP contribution is -2.54. The topological polar surface area (TPSA) is 126 Å². The van der Waals surface area contributed by atoms with E-state index in [1.165, 1.54) is 0 Å². The van der Waals surface area contributed by atoms with Crippen molar-refractivity contribution in [3.63, 3.8) is 0 Å². The third-order valence-corrected chi connectivity index (χ3v) is 6.97. The molecule has 4 rings (SSSR count). The number of nitrogens with one attached hydrogen (secondary N) is 1. The average molecular weight is 529 g/mol. The molecule has 38 heavy (non-hydrogen) atoms. The molecule has 0 aliphatic carbocycles. The SMILES string of the molecule is CN(CCN1CCO[C@@H](CCc2cccc3c2C(=O)N(C2CCC(=O)NC2=O)C3=O)C1)C(=O)OC(C)(C)C. The first kappa shape index (κ1) is 27.7. The van der Waals surface area contributed by atoms with Crippen molar-refractivity contribution in [3.8, 4) is 0 Å². The van der Waals surface area contributed by atoms with Crippen molar-refractivity contribution in [2.75, 3.05) is 39.8 Å². The van der Waals surface area contributed by atoms with Crippen LogP contribution in [0.2, 0.25) is 0 Å². The second-order valence-electron chi connectivity index (χ2n) is 11.0. The van der Waals surface area contributed by atoms with Crippen molar-refractivity contribution in [2.24, 2.45) is 0 Å². The lowest BCUT2D eigenvalue weighted by Gasteiger charge is -2.34. The second kappa shape index (κ2) is 11.2. The van der Waals surface area contributed by atoms with E-state index in [9.17, 15) is 24.0 Å². The normalized spacial score (nSPS) is 22.4. The van der Waals surface area contributed by atoms with Crippen LogP contribution in [0.5, 0.6) is 0 Å². The van der Waals surface area contributed by atoms with Crippen LogP contribution in [0.15, 0.2) is 18.2 Å². The van der Waals surface area contributed by atoms with Gasteiger partial charge in [0, 0.05) is 39.6 Å². The minimum Gasteiger partial charge on any atom is -0.444 e. The van der Waals surface area contributed by atoms with E-state index in [4.69, 9.17) is 9.47 Å². The summed E-state index contributed by atoms with van der Waals surface area (Å²) in [6.07, 6.45) is 0.965. The molecule has 3 aliphatic heterocycles. The number of aryl methyl sites for hydroxylation is 1. The number of nitrogens with zero attached hydrogens (tertiary/aromatic N) is 3. The van der Waals surface area contributed by atoms with E-state index in [2.05, 4.69) is 10.2 Å². The van der Waals surface area contributed by atoms with Gasteiger partial charge in [-0.05, 0) is 51.7 Å². The number of fused-ring (bicyclic) bond motifs is 1. The lowest BCUT2D eigenvalue weighted by molar-refractivity contribution is -0.136. The Morgan fingerprint density at radius 1 is 1.18 bits per heavy atom. The van der Waals surface area contributed by atoms with Crippen LogP contribution >= 0.6 is 0 Å². The van der Waals surface area contributed by atoms with Gasteiger partial charge in [0.15, 0.2) is 0 Å². The van der Waals surface area contributed by atoms with Crippen molar-refractivity contribution in [1.82, 2.24) is 20.0 Å². The van der Waals surface area contributed by atoms with Crippen molar-refractivity contribution in [1.29, 1.82) is 0 Å². The zero-order valence-electron chi connectivity index (χ0n) is 22.5. The lowest BCUT2D eigenvalue weighted by atomic mass is 9.97. The second-order valence-corrected chi connectivity index (χ2v) is 11.0. The highest BCUT2D eigenvalue weighted by Gasteiger charge is 2.45. The van der Waals surface area contributed by atoms with Gasteiger partial charge >= 0.3 is 6.09 Å². The molecule has 2 atom stereocenters. The molecule has 1 N–H and O–H groups in total. The molecule has 0 radical (unpaired) electrons. The highest BCUT2D eigenvalue weighted by atomic mass is 16.6. The van der Waals surface area contributed by atoms with E-state index in [0.29, 0.717) is 44.6 Å². The van der Waals surface area contributed by atoms with Crippen molar-refractivity contribution in [2.45, 2.75) is 64.2 Å². The number of carbonyl (C=O) groups excluding carboxylic acids is 5. The van der Waals surface area contributed by atoms with Crippen LogP contribution in [-0.2, 0) is 25.5 Å². The first-order valence-corrected chi connectivity index (χ1v) is 13.1. The maximum Gasteiger partial charge on any atom is 0.410 e. The molecule has 11 nitrogen and oxygen atoms in total. The molecule has 0 bridgehead atoms. The van der Waals surface area contributed by atoms with Crippen molar-refractivity contribution < 1.29 is 33.4 Å². The van der Waals surface area contributed by atoms with Gasteiger partial charge in [-0.3, -0.25) is 34.3 Å². The Morgan fingerprint density at radius 3 is 2.66 bits per heavy atom. The zero-order chi connectivity index (χ0) is 27.6. The molecule has 2 fully saturated rings. The molecular formula is C27H36N4O7. The number of piperidine rings is 1. The zero-order valence-corrected chi connectivity index (χ0v) is 22.5. The van der Waals surface area contributed by atoms with Gasteiger partial charge in [-0.2, -0.15) is 0 Å². The summed E-state index contributed by atoms with van der Waals surface area (Å²) in [6.45, 7) is 8.73. The van der Waals surface area contributed by atoms with Crippen molar-refractivity contribution in [3.05, 3.63) is 34.9 Å². The Hall–Kier alpha value is -3.31. The average Bonchev–Trinajstić information content (AvgIpc) is 3.11. The summed E-state index contributed by atoms with van der Waals surface area (Å²) in [6, 6.07) is 4.19. The largest absolute Gasteiger partial charge is 0.444 e. The third kappa shape index (κ3) is 6.21. The van der Waals surface area contributed by atoms with Gasteiger partial charge < -0.3 is 14.4 Å². The highest BCUT2D eigenvalue weighted by Crippen LogP contribution is 2.31. The molecule has 3 heterocycles. The van der Waals surface area contributed by atoms with Gasteiger partial charge in [-0.25, -0.2) is 4.79 Å². The number of amides is 5. The number of rotatable bonds is 7. The molecule has 1 aromatic rings. The minimum atomic E-state index is -0.984. The summed E-state index contributed by atoms with van der Waals surface area (Å²) in [5.74, 6) is -2.02. The molecule has 1 aromatic carbocycles. The fourth-order valence-electron chi connectivity index (χ4n) is 4.99. The number of morpholine rings is 1. The molecule has 2 saturated heterocycles. The number of likely N-dealkylation sites (N-methyl/N-ethyl adjacent to an activating group) is 1. The van der Waals surface area contributed by atoms with Crippen LogP contribution in [0.1, 0.15) is 66.3 Å². The summed E-state index contributed by atoms with van der Waals surface area (Å²) in [7, 11) is 1.72. The molecule has 5 amide bonds. The van der Waals surface area contributed by atoms with Crippen LogP contribution in [0.3, 0.4) is 0 Å². The van der Waals surface area contributed by atoms with Crippen LogP contribution in [0, 0.1) is 0 Å². The van der Waals surface area contributed by atoms with E-state index < -0.39 is 35.3 Å². The Bertz CT molecular complexity index is 1130. The molecule has 1 unspecified atom stereocenters. The number of imide groups is 2. The number of ether oxygens (including phenoxy) is 2. The molecule has 3 aliphatic rings. The minimum absolute atomic E-state index is 0.0649. The maximum atomic E-state index is 13.3. The van der Waals surface area contributed by atoms with Crippen molar-refractivity contribution >= 4 is 29.7 Å². The predicted octanol–water partition coefficient (Wildman–Crippen LogP) is 1.59. The van der Waals surface area contributed by atoms with E-state index in [1.807, 2.05) is 26.8 Å². The van der Waals surface area contributed by atoms with E-state index in [0.717, 1.165) is 17.0 Å². The molecular weight excluding hydrogens is 492 g/mol. The van der Waals surface area contributed by atoms with E-state index >= 15 is 0 Å². The Labute approximate surface area is 222 Å². The van der Waals surface area contributed by atoms with Gasteiger partial charge in [0.2, 0.25) is 11.8 Å². The van der Waals surface area contributed by atoms with Gasteiger partial charge in [-0.1, -0.05) is 12.1 Å². The van der Waals surface area contributed by atoms with E-state index in [-0.39, 0.29) is 30.6 Å². The summed E-state index contributed by atoms with van der Waals surface area (Å²) < 4.78 is 11.4. The van der Waals surface area contributed by atoms with Crippen LogP contribution in [0.4, 0.5) is 4.79 Å². The maximum absolute atomic E-state index is 13.3. The molecule has 0 spiro atoms. The monoisotopic (exact) mass is 528 g/mol. The van der Waals surface area contributed by atoms with Gasteiger partial charge in [0.1, 0.15) is 11.6 Å². The summed E-state index contributed by atoms with van der Waals surface area (Å²) in [4.78, 5) is 67.3. The molecule has 206 valence electrons. The summed E-state index contributed by atoms with van der Waals surface area (Å²) in [5, 5.41) is 2.22. The Morgan fingerprint density at radius 2 is 1.95 bits per heavy atom. The first-order chi connectivity index (χ1) is 17.9. The molecule has 0 saturated carbocycles. The number of hydrogen-bond donors (Lipinski definition) is 1. The summed E-state index contributed by atoms with van der Waals surface area (Å²) >= 11 is 0. The van der Waals surface area contributed by atoms with E-state index in [1.54, 1.807) is 24.1 Å². The Kier molecular flexibility index (Phi) is 8.17. The Balaban J connectivity index is 1.34. The smallest absolute Gasteiger partial charge is 0.410 e. The van der Waals surface area contributed by atoms with Gasteiger partial charge in [0.25, 0.3) is 11.8 Å². The molecule has 11 heteroatoms. The third-order valence-electron chi connectivity index (χ3n) is 6.97. The standard InChI is InChI=1S/C27H36N4O7/c1-27(2,3)38-26(36)29(4)12-13-30-14-15-37-18(16-30)9-8-17-6-5-7-19-22(17)25(35)31(24(19)34)20-10-11-21(32)28-23(20)33/h5-7,18,20H,8-16H2,1-4H3,(H,28,32,33)/t18-,20?/m0/s1. The fraction of sp³-hybridized carbons (Fsp3) is 0.593. The number of carbonyl (C=O) groups is 5. The van der Waals surface area contributed by atoms with Crippen LogP contribution in [-0.4, -0.2) is 102 Å². The predicted molar refractivity (Wildman–Crippen MR) is 136 cm³/mol. The van der Waals surface area contributed by atoms with Crippen LogP contribution in [0.25, 0.3) is 0 Å². The fourth-order valence-corrected chi connectivity index (χ4v) is 4.99. The summed E-state index contributed by atoms with van der Waals surface area (Å²) in [5.41, 5.74) is 0.807. The number of hydrogen-bond acceptors (Lipinski definition) is 8. The van der Waals surface area contributed by atoms with Gasteiger partial charge in [-0.15, -0.1) is 0 Å². The molecule has 0 aromatic heterocycles. The number of benzene rings is 1. The van der Waals surface area contributed by atoms with Gasteiger partial charge in [0.05, 0.1) is 23.8 Å². The van der Waals surface area contributed by atoms with Crippen LogP contribution < -0.4 is 5.32 Å².